The number of aryl methyl sites for hydroxylation is 1. The first-order chi connectivity index (χ1) is 18.6. The third-order valence-corrected chi connectivity index (χ3v) is 13.1. The summed E-state index contributed by atoms with van der Waals surface area (Å²) in [5.41, 5.74) is -5.35. The largest absolute Gasteiger partial charge is 0.534 e. The highest BCUT2D eigenvalue weighted by Gasteiger charge is 2.49. The van der Waals surface area contributed by atoms with E-state index < -0.39 is 35.3 Å². The molecule has 0 atom stereocenters. The van der Waals surface area contributed by atoms with Gasteiger partial charge in [-0.3, -0.25) is 0 Å². The number of aromatic nitrogens is 1. The number of rotatable bonds is 8. The van der Waals surface area contributed by atoms with Gasteiger partial charge in [-0.2, -0.15) is 21.6 Å². The Morgan fingerprint density at radius 3 is 2.24 bits per heavy atom. The van der Waals surface area contributed by atoms with Crippen molar-refractivity contribution in [3.8, 4) is 5.75 Å². The van der Waals surface area contributed by atoms with Gasteiger partial charge in [0.15, 0.2) is 19.6 Å². The summed E-state index contributed by atoms with van der Waals surface area (Å²) in [5.74, 6) is -0.174. The van der Waals surface area contributed by atoms with Crippen LogP contribution in [0.3, 0.4) is 0 Å². The van der Waals surface area contributed by atoms with Crippen LogP contribution in [-0.4, -0.2) is 57.1 Å². The first-order valence-electron chi connectivity index (χ1n) is 13.6. The number of nitrogens with zero attached hydrogens (tertiary/aromatic N) is 2. The zero-order chi connectivity index (χ0) is 31.0. The van der Waals surface area contributed by atoms with Gasteiger partial charge in [0.2, 0.25) is 0 Å². The molecule has 0 bridgehead atoms. The van der Waals surface area contributed by atoms with Gasteiger partial charge in [-0.05, 0) is 82.6 Å². The standard InChI is InChI=1S/C27H41F3N2O7SSi/c1-25(2,3)37-24(33)32-15-13-18(14-16-32)9-11-21-19-10-12-22(39-40(34,35)27(28,29)30)20(23(19)38-31-21)17-36-41(7,8)26(4,5)6/h10,12,18H,9,11,13-17H2,1-8H3. The Bertz CT molecular complexity index is 1340. The molecule has 232 valence electrons. The van der Waals surface area contributed by atoms with E-state index in [1.165, 1.54) is 12.1 Å². The van der Waals surface area contributed by atoms with Crippen LogP contribution in [0.1, 0.15) is 72.1 Å². The van der Waals surface area contributed by atoms with Gasteiger partial charge in [-0.15, -0.1) is 0 Å². The Morgan fingerprint density at radius 1 is 1.10 bits per heavy atom. The molecule has 2 aromatic rings. The molecule has 1 saturated heterocycles. The first-order valence-corrected chi connectivity index (χ1v) is 18.0. The van der Waals surface area contributed by atoms with Crippen molar-refractivity contribution in [2.24, 2.45) is 5.92 Å². The van der Waals surface area contributed by atoms with Gasteiger partial charge in [0.05, 0.1) is 17.9 Å². The number of alkyl halides is 3. The average molecular weight is 623 g/mol. The molecule has 1 amide bonds. The fraction of sp³-hybridized carbons (Fsp3) is 0.704. The summed E-state index contributed by atoms with van der Waals surface area (Å²) in [7, 11) is -8.28. The molecule has 0 aliphatic carbocycles. The van der Waals surface area contributed by atoms with Crippen LogP contribution in [0.2, 0.25) is 18.1 Å². The second-order valence-electron chi connectivity index (χ2n) is 13.0. The number of carbonyl (C=O) groups excluding carboxylic acids is 1. The summed E-state index contributed by atoms with van der Waals surface area (Å²) in [5, 5.41) is 4.53. The molecule has 41 heavy (non-hydrogen) atoms. The Kier molecular flexibility index (Phi) is 9.51. The summed E-state index contributed by atoms with van der Waals surface area (Å²) in [6.07, 6.45) is 2.58. The number of likely N-dealkylation sites (tertiary alicyclic amines) is 1. The Morgan fingerprint density at radius 2 is 1.71 bits per heavy atom. The maximum Gasteiger partial charge on any atom is 0.534 e. The van der Waals surface area contributed by atoms with E-state index in [9.17, 15) is 26.4 Å². The number of hydrogen-bond donors (Lipinski definition) is 0. The topological polar surface area (TPSA) is 108 Å². The molecule has 0 spiro atoms. The molecule has 0 radical (unpaired) electrons. The lowest BCUT2D eigenvalue weighted by Crippen LogP contribution is -2.41. The molecule has 3 rings (SSSR count). The summed E-state index contributed by atoms with van der Waals surface area (Å²) in [4.78, 5) is 14.1. The van der Waals surface area contributed by atoms with Crippen LogP contribution in [0.15, 0.2) is 16.7 Å². The van der Waals surface area contributed by atoms with Crippen molar-refractivity contribution >= 4 is 35.5 Å². The van der Waals surface area contributed by atoms with Crippen LogP contribution in [0.5, 0.6) is 5.75 Å². The van der Waals surface area contributed by atoms with Crippen molar-refractivity contribution in [2.45, 2.75) is 103 Å². The summed E-state index contributed by atoms with van der Waals surface area (Å²) >= 11 is 0. The quantitative estimate of drug-likeness (QED) is 0.173. The molecular weight excluding hydrogens is 581 g/mol. The molecule has 9 nitrogen and oxygen atoms in total. The van der Waals surface area contributed by atoms with E-state index in [4.69, 9.17) is 13.7 Å². The SMILES string of the molecule is CC(C)(C)OC(=O)N1CCC(CCc2noc3c(CO[Si](C)(C)C(C)(C)C)c(OS(=O)(=O)C(F)(F)F)ccc23)CC1. The van der Waals surface area contributed by atoms with Gasteiger partial charge in [0.1, 0.15) is 5.60 Å². The third-order valence-electron chi connectivity index (χ3n) is 7.70. The van der Waals surface area contributed by atoms with Gasteiger partial charge in [-0.25, -0.2) is 4.79 Å². The molecular formula is C27H41F3N2O7SSi. The molecule has 1 aliphatic rings. The zero-order valence-electron chi connectivity index (χ0n) is 25.0. The van der Waals surface area contributed by atoms with Gasteiger partial charge < -0.3 is 22.8 Å². The van der Waals surface area contributed by atoms with Crippen LogP contribution >= 0.6 is 0 Å². The van der Waals surface area contributed by atoms with Crippen LogP contribution < -0.4 is 4.18 Å². The number of fused-ring (bicyclic) bond motifs is 1. The second kappa shape index (κ2) is 11.7. The predicted molar refractivity (Wildman–Crippen MR) is 150 cm³/mol. The van der Waals surface area contributed by atoms with Crippen LogP contribution in [0.25, 0.3) is 11.0 Å². The minimum Gasteiger partial charge on any atom is -0.444 e. The molecule has 1 fully saturated rings. The van der Waals surface area contributed by atoms with E-state index in [1.54, 1.807) is 4.90 Å². The summed E-state index contributed by atoms with van der Waals surface area (Å²) in [6, 6.07) is 2.65. The zero-order valence-corrected chi connectivity index (χ0v) is 26.8. The van der Waals surface area contributed by atoms with Crippen LogP contribution in [0, 0.1) is 5.92 Å². The molecule has 2 heterocycles. The highest BCUT2D eigenvalue weighted by Crippen LogP contribution is 2.40. The van der Waals surface area contributed by atoms with E-state index in [0.717, 1.165) is 19.3 Å². The van der Waals surface area contributed by atoms with E-state index in [1.807, 2.05) is 54.6 Å². The minimum atomic E-state index is -5.91. The van der Waals surface area contributed by atoms with E-state index in [0.29, 0.717) is 36.5 Å². The van der Waals surface area contributed by atoms with Crippen LogP contribution in [0.4, 0.5) is 18.0 Å². The lowest BCUT2D eigenvalue weighted by molar-refractivity contribution is -0.0500. The number of benzene rings is 1. The molecule has 0 unspecified atom stereocenters. The van der Waals surface area contributed by atoms with Crippen molar-refractivity contribution < 1.29 is 44.3 Å². The molecule has 1 aliphatic heterocycles. The maximum atomic E-state index is 13.1. The average Bonchev–Trinajstić information content (AvgIpc) is 3.22. The second-order valence-corrected chi connectivity index (χ2v) is 19.4. The number of carbonyl (C=O) groups is 1. The van der Waals surface area contributed by atoms with Crippen molar-refractivity contribution in [2.75, 3.05) is 13.1 Å². The lowest BCUT2D eigenvalue weighted by Gasteiger charge is -2.36. The normalized spacial score (nSPS) is 16.3. The Labute approximate surface area is 240 Å². The number of hydrogen-bond acceptors (Lipinski definition) is 8. The van der Waals surface area contributed by atoms with Crippen LogP contribution in [-0.2, 0) is 32.3 Å². The summed E-state index contributed by atoms with van der Waals surface area (Å²) in [6.45, 7) is 16.4. The van der Waals surface area contributed by atoms with Gasteiger partial charge in [0, 0.05) is 18.5 Å². The van der Waals surface area contributed by atoms with Crippen molar-refractivity contribution in [1.82, 2.24) is 10.1 Å². The van der Waals surface area contributed by atoms with Gasteiger partial charge >= 0.3 is 21.7 Å². The molecule has 0 saturated carbocycles. The number of ether oxygens (including phenoxy) is 1. The van der Waals surface area contributed by atoms with Crippen molar-refractivity contribution in [3.63, 3.8) is 0 Å². The monoisotopic (exact) mass is 622 g/mol. The van der Waals surface area contributed by atoms with Crippen molar-refractivity contribution in [3.05, 3.63) is 23.4 Å². The van der Waals surface area contributed by atoms with Gasteiger partial charge in [-0.1, -0.05) is 25.9 Å². The Balaban J connectivity index is 1.80. The molecule has 14 heteroatoms. The first kappa shape index (κ1) is 33.2. The lowest BCUT2D eigenvalue weighted by atomic mass is 9.91. The smallest absolute Gasteiger partial charge is 0.444 e. The third kappa shape index (κ3) is 8.16. The molecule has 1 aromatic heterocycles. The Hall–Kier alpha value is -2.32. The molecule has 0 N–H and O–H groups in total. The fourth-order valence-electron chi connectivity index (χ4n) is 4.19. The number of amides is 1. The minimum absolute atomic E-state index is 0.0598. The maximum absolute atomic E-state index is 13.1. The van der Waals surface area contributed by atoms with E-state index in [-0.39, 0.29) is 28.9 Å². The fourth-order valence-corrected chi connectivity index (χ4v) is 5.62. The molecule has 1 aromatic carbocycles. The predicted octanol–water partition coefficient (Wildman–Crippen LogP) is 7.16. The van der Waals surface area contributed by atoms with E-state index in [2.05, 4.69) is 9.34 Å². The van der Waals surface area contributed by atoms with Crippen molar-refractivity contribution in [1.29, 1.82) is 0 Å². The highest BCUT2D eigenvalue weighted by molar-refractivity contribution is 7.88. The highest BCUT2D eigenvalue weighted by atomic mass is 32.2. The number of halogens is 3. The summed E-state index contributed by atoms with van der Waals surface area (Å²) < 4.78 is 84.8. The number of piperidine rings is 1. The van der Waals surface area contributed by atoms with Gasteiger partial charge in [0.25, 0.3) is 0 Å². The van der Waals surface area contributed by atoms with E-state index >= 15 is 0 Å².